The molecule has 130 valence electrons. The summed E-state index contributed by atoms with van der Waals surface area (Å²) < 4.78 is 5.76. The number of halogens is 2. The topological polar surface area (TPSA) is 41.6 Å². The first-order valence-electron chi connectivity index (χ1n) is 7.47. The fourth-order valence-electron chi connectivity index (χ4n) is 2.07. The molecule has 24 heavy (non-hydrogen) atoms. The quantitative estimate of drug-likeness (QED) is 0.810. The summed E-state index contributed by atoms with van der Waals surface area (Å²) >= 11 is 5.86. The third-order valence-electron chi connectivity index (χ3n) is 3.44. The van der Waals surface area contributed by atoms with E-state index in [0.717, 1.165) is 12.1 Å². The van der Waals surface area contributed by atoms with Gasteiger partial charge in [0, 0.05) is 30.7 Å². The second kappa shape index (κ2) is 10.2. The molecule has 0 saturated carbocycles. The number of ether oxygens (including phenoxy) is 1. The number of nitrogens with zero attached hydrogens (tertiary/aromatic N) is 1. The summed E-state index contributed by atoms with van der Waals surface area (Å²) in [6.45, 7) is 1.85. The fourth-order valence-corrected chi connectivity index (χ4v) is 2.19. The molecule has 2 aromatic carbocycles. The Morgan fingerprint density at radius 2 is 1.92 bits per heavy atom. The van der Waals surface area contributed by atoms with Gasteiger partial charge in [-0.05, 0) is 42.9 Å². The van der Waals surface area contributed by atoms with Crippen molar-refractivity contribution in [2.75, 3.05) is 27.2 Å². The van der Waals surface area contributed by atoms with Gasteiger partial charge in [-0.15, -0.1) is 12.4 Å². The minimum absolute atomic E-state index is 0. The Bertz CT molecular complexity index is 648. The van der Waals surface area contributed by atoms with Gasteiger partial charge in [0.15, 0.2) is 0 Å². The van der Waals surface area contributed by atoms with Crippen molar-refractivity contribution in [3.05, 3.63) is 64.7 Å². The number of benzene rings is 2. The summed E-state index contributed by atoms with van der Waals surface area (Å²) in [4.78, 5) is 14.0. The number of carbonyl (C=O) groups is 1. The van der Waals surface area contributed by atoms with Crippen molar-refractivity contribution in [3.8, 4) is 5.75 Å². The van der Waals surface area contributed by atoms with Crippen LogP contribution in [-0.2, 0) is 6.61 Å². The molecule has 0 heterocycles. The second-order valence-corrected chi connectivity index (χ2v) is 5.71. The first kappa shape index (κ1) is 20.3. The van der Waals surface area contributed by atoms with Gasteiger partial charge in [0.1, 0.15) is 12.4 Å². The van der Waals surface area contributed by atoms with Gasteiger partial charge < -0.3 is 15.0 Å². The Morgan fingerprint density at radius 3 is 2.58 bits per heavy atom. The predicted octanol–water partition coefficient (Wildman–Crippen LogP) is 3.63. The van der Waals surface area contributed by atoms with Gasteiger partial charge in [-0.2, -0.15) is 0 Å². The zero-order valence-electron chi connectivity index (χ0n) is 13.8. The van der Waals surface area contributed by atoms with E-state index >= 15 is 0 Å². The summed E-state index contributed by atoms with van der Waals surface area (Å²) in [7, 11) is 3.66. The highest BCUT2D eigenvalue weighted by molar-refractivity contribution is 6.30. The van der Waals surface area contributed by atoms with Gasteiger partial charge in [-0.3, -0.25) is 4.79 Å². The van der Waals surface area contributed by atoms with Crippen LogP contribution in [0.15, 0.2) is 48.5 Å². The molecule has 1 N–H and O–H groups in total. The summed E-state index contributed by atoms with van der Waals surface area (Å²) in [5.41, 5.74) is 1.65. The van der Waals surface area contributed by atoms with Crippen LogP contribution in [-0.4, -0.2) is 38.0 Å². The summed E-state index contributed by atoms with van der Waals surface area (Å²) in [6, 6.07) is 14.7. The van der Waals surface area contributed by atoms with Gasteiger partial charge in [0.05, 0.1) is 0 Å². The van der Waals surface area contributed by atoms with E-state index in [2.05, 4.69) is 5.32 Å². The van der Waals surface area contributed by atoms with Crippen LogP contribution < -0.4 is 10.1 Å². The van der Waals surface area contributed by atoms with E-state index in [0.29, 0.717) is 29.5 Å². The molecule has 0 aliphatic heterocycles. The smallest absolute Gasteiger partial charge is 0.253 e. The number of likely N-dealkylation sites (N-methyl/N-ethyl adjacent to an activating group) is 2. The van der Waals surface area contributed by atoms with Gasteiger partial charge in [-0.1, -0.05) is 29.8 Å². The SMILES string of the molecule is CNCCN(C)C(=O)c1cccc(OCc2ccc(Cl)cc2)c1.Cl. The van der Waals surface area contributed by atoms with Crippen LogP contribution in [0.25, 0.3) is 0 Å². The molecule has 1 amide bonds. The third kappa shape index (κ3) is 6.04. The van der Waals surface area contributed by atoms with Crippen LogP contribution in [0.5, 0.6) is 5.75 Å². The van der Waals surface area contributed by atoms with E-state index in [1.807, 2.05) is 43.4 Å². The molecule has 0 fully saturated rings. The van der Waals surface area contributed by atoms with Crippen molar-refractivity contribution in [1.29, 1.82) is 0 Å². The maximum Gasteiger partial charge on any atom is 0.253 e. The lowest BCUT2D eigenvalue weighted by Crippen LogP contribution is -2.32. The molecular weight excluding hydrogens is 347 g/mol. The van der Waals surface area contributed by atoms with Gasteiger partial charge in [0.25, 0.3) is 5.91 Å². The van der Waals surface area contributed by atoms with Crippen molar-refractivity contribution in [1.82, 2.24) is 10.2 Å². The minimum Gasteiger partial charge on any atom is -0.489 e. The molecule has 2 aromatic rings. The molecule has 0 aromatic heterocycles. The molecule has 4 nitrogen and oxygen atoms in total. The average Bonchev–Trinajstić information content (AvgIpc) is 2.58. The van der Waals surface area contributed by atoms with Crippen LogP contribution in [0, 0.1) is 0 Å². The highest BCUT2D eigenvalue weighted by atomic mass is 35.5. The lowest BCUT2D eigenvalue weighted by atomic mass is 10.2. The number of hydrogen-bond acceptors (Lipinski definition) is 3. The zero-order valence-corrected chi connectivity index (χ0v) is 15.4. The molecule has 6 heteroatoms. The molecular formula is C18H22Cl2N2O2. The van der Waals surface area contributed by atoms with Gasteiger partial charge in [-0.25, -0.2) is 0 Å². The van der Waals surface area contributed by atoms with E-state index in [1.54, 1.807) is 24.1 Å². The van der Waals surface area contributed by atoms with Crippen molar-refractivity contribution in [2.24, 2.45) is 0 Å². The lowest BCUT2D eigenvalue weighted by molar-refractivity contribution is 0.0796. The Hall–Kier alpha value is -1.75. The van der Waals surface area contributed by atoms with E-state index in [-0.39, 0.29) is 18.3 Å². The zero-order chi connectivity index (χ0) is 16.7. The average molecular weight is 369 g/mol. The second-order valence-electron chi connectivity index (χ2n) is 5.27. The standard InChI is InChI=1S/C18H21ClN2O2.ClH/c1-20-10-11-21(2)18(22)15-4-3-5-17(12-15)23-13-14-6-8-16(19)9-7-14;/h3-9,12,20H,10-11,13H2,1-2H3;1H. The Kier molecular flexibility index (Phi) is 8.61. The maximum absolute atomic E-state index is 12.3. The molecule has 0 aliphatic carbocycles. The summed E-state index contributed by atoms with van der Waals surface area (Å²) in [5, 5.41) is 3.73. The van der Waals surface area contributed by atoms with E-state index < -0.39 is 0 Å². The minimum atomic E-state index is -0.0165. The molecule has 0 spiro atoms. The number of hydrogen-bond donors (Lipinski definition) is 1. The molecule has 0 unspecified atom stereocenters. The van der Waals surface area contributed by atoms with Crippen molar-refractivity contribution < 1.29 is 9.53 Å². The van der Waals surface area contributed by atoms with Crippen LogP contribution in [0.3, 0.4) is 0 Å². The first-order chi connectivity index (χ1) is 11.1. The van der Waals surface area contributed by atoms with E-state index in [9.17, 15) is 4.79 Å². The van der Waals surface area contributed by atoms with Crippen LogP contribution in [0.1, 0.15) is 15.9 Å². The van der Waals surface area contributed by atoms with Gasteiger partial charge in [0.2, 0.25) is 0 Å². The van der Waals surface area contributed by atoms with Crippen molar-refractivity contribution in [3.63, 3.8) is 0 Å². The molecule has 0 saturated heterocycles. The van der Waals surface area contributed by atoms with E-state index in [4.69, 9.17) is 16.3 Å². The molecule has 0 radical (unpaired) electrons. The highest BCUT2D eigenvalue weighted by Crippen LogP contribution is 2.17. The van der Waals surface area contributed by atoms with Crippen LogP contribution in [0.4, 0.5) is 0 Å². The maximum atomic E-state index is 12.3. The normalized spacial score (nSPS) is 9.96. The number of carbonyl (C=O) groups excluding carboxylic acids is 1. The van der Waals surface area contributed by atoms with Gasteiger partial charge >= 0.3 is 0 Å². The summed E-state index contributed by atoms with van der Waals surface area (Å²) in [5.74, 6) is 0.657. The fraction of sp³-hybridized carbons (Fsp3) is 0.278. The lowest BCUT2D eigenvalue weighted by Gasteiger charge is -2.17. The molecule has 2 rings (SSSR count). The van der Waals surface area contributed by atoms with Crippen molar-refractivity contribution >= 4 is 29.9 Å². The highest BCUT2D eigenvalue weighted by Gasteiger charge is 2.11. The van der Waals surface area contributed by atoms with Crippen LogP contribution >= 0.6 is 24.0 Å². The molecule has 0 aliphatic rings. The van der Waals surface area contributed by atoms with Crippen molar-refractivity contribution in [2.45, 2.75) is 6.61 Å². The number of nitrogens with one attached hydrogen (secondary N) is 1. The molecule has 0 atom stereocenters. The largest absolute Gasteiger partial charge is 0.489 e. The first-order valence-corrected chi connectivity index (χ1v) is 7.85. The molecule has 0 bridgehead atoms. The van der Waals surface area contributed by atoms with Crippen LogP contribution in [0.2, 0.25) is 5.02 Å². The summed E-state index contributed by atoms with van der Waals surface area (Å²) in [6.07, 6.45) is 0. The third-order valence-corrected chi connectivity index (χ3v) is 3.70. The Morgan fingerprint density at radius 1 is 1.21 bits per heavy atom. The Labute approximate surface area is 154 Å². The number of amides is 1. The van der Waals surface area contributed by atoms with E-state index in [1.165, 1.54) is 0 Å². The number of rotatable bonds is 7. The monoisotopic (exact) mass is 368 g/mol. The Balaban J connectivity index is 0.00000288. The predicted molar refractivity (Wildman–Crippen MR) is 100 cm³/mol.